The molecule has 0 unspecified atom stereocenters. The zero-order chi connectivity index (χ0) is 12.2. The molecule has 0 radical (unpaired) electrons. The maximum absolute atomic E-state index is 8.90. The van der Waals surface area contributed by atoms with Crippen LogP contribution in [0.5, 0.6) is 0 Å². The number of nitrogens with zero attached hydrogens (tertiary/aromatic N) is 3. The Morgan fingerprint density at radius 1 is 1.62 bits per heavy atom. The van der Waals surface area contributed by atoms with Crippen molar-refractivity contribution < 1.29 is 0 Å². The third-order valence-corrected chi connectivity index (χ3v) is 1.94. The Hall–Kier alpha value is -1.45. The van der Waals surface area contributed by atoms with Crippen molar-refractivity contribution in [2.45, 2.75) is 26.3 Å². The van der Waals surface area contributed by atoms with Gasteiger partial charge in [-0.3, -0.25) is 15.8 Å². The summed E-state index contributed by atoms with van der Waals surface area (Å²) in [7, 11) is 0. The van der Waals surface area contributed by atoms with Crippen LogP contribution in [0.1, 0.15) is 20.8 Å². The van der Waals surface area contributed by atoms with E-state index < -0.39 is 5.54 Å². The molecule has 7 heteroatoms. The molecule has 0 amide bonds. The van der Waals surface area contributed by atoms with Gasteiger partial charge < -0.3 is 5.32 Å². The van der Waals surface area contributed by atoms with Gasteiger partial charge in [-0.05, 0) is 25.4 Å². The summed E-state index contributed by atoms with van der Waals surface area (Å²) in [5.41, 5.74) is 4.91. The van der Waals surface area contributed by atoms with Crippen LogP contribution in [0.25, 0.3) is 0 Å². The van der Waals surface area contributed by atoms with Crippen LogP contribution in [0.2, 0.25) is 0 Å². The highest BCUT2D eigenvalue weighted by molar-refractivity contribution is 6.14. The standard InChI is InChI=1S/C9H15ClN6/c1-4-12-7-5-8(15-16(10)14-7)13-9(2,3)6-11/h5,13,15H,4H2,1-3H3,(H,12,14). The minimum absolute atomic E-state index is 0.618. The van der Waals surface area contributed by atoms with Crippen LogP contribution < -0.4 is 16.2 Å². The molecule has 0 bridgehead atoms. The van der Waals surface area contributed by atoms with Gasteiger partial charge in [-0.2, -0.15) is 5.26 Å². The quantitative estimate of drug-likeness (QED) is 0.633. The van der Waals surface area contributed by atoms with Gasteiger partial charge >= 0.3 is 0 Å². The Labute approximate surface area is 100 Å². The minimum atomic E-state index is -0.675. The first kappa shape index (κ1) is 12.6. The number of hydrogen-bond acceptors (Lipinski definition) is 5. The van der Waals surface area contributed by atoms with Gasteiger partial charge in [0.1, 0.15) is 17.2 Å². The number of rotatable bonds is 3. The zero-order valence-corrected chi connectivity index (χ0v) is 10.3. The van der Waals surface area contributed by atoms with Gasteiger partial charge in [0.25, 0.3) is 0 Å². The second-order valence-corrected chi connectivity index (χ2v) is 4.12. The van der Waals surface area contributed by atoms with Gasteiger partial charge in [-0.1, -0.05) is 0 Å². The van der Waals surface area contributed by atoms with Crippen molar-refractivity contribution in [1.29, 1.82) is 5.26 Å². The largest absolute Gasteiger partial charge is 0.353 e. The molecule has 0 aromatic rings. The Bertz CT molecular complexity index is 354. The molecule has 88 valence electrons. The van der Waals surface area contributed by atoms with Gasteiger partial charge in [0, 0.05) is 24.4 Å². The van der Waals surface area contributed by atoms with Gasteiger partial charge in [0.05, 0.1) is 6.07 Å². The van der Waals surface area contributed by atoms with Gasteiger partial charge in [-0.25, -0.2) is 0 Å². The molecular weight excluding hydrogens is 228 g/mol. The van der Waals surface area contributed by atoms with E-state index >= 15 is 0 Å². The molecule has 0 aromatic heterocycles. The number of amidine groups is 1. The van der Waals surface area contributed by atoms with Crippen LogP contribution in [0, 0.1) is 11.3 Å². The number of hydrogen-bond donors (Lipinski definition) is 3. The van der Waals surface area contributed by atoms with Crippen molar-refractivity contribution in [3.63, 3.8) is 0 Å². The Balaban J connectivity index is 2.80. The molecule has 1 aliphatic heterocycles. The van der Waals surface area contributed by atoms with Crippen molar-refractivity contribution in [2.24, 2.45) is 4.99 Å². The average molecular weight is 243 g/mol. The normalized spacial score (nSPS) is 19.4. The monoisotopic (exact) mass is 242 g/mol. The highest BCUT2D eigenvalue weighted by Crippen LogP contribution is 2.05. The molecule has 0 saturated heterocycles. The van der Waals surface area contributed by atoms with Crippen molar-refractivity contribution in [2.75, 3.05) is 6.54 Å². The van der Waals surface area contributed by atoms with Gasteiger partial charge in [-0.15, -0.1) is 0 Å². The topological polar surface area (TPSA) is 75.5 Å². The molecule has 6 nitrogen and oxygen atoms in total. The minimum Gasteiger partial charge on any atom is -0.353 e. The summed E-state index contributed by atoms with van der Waals surface area (Å²) in [5, 5.41) is 11.9. The second kappa shape index (κ2) is 5.05. The summed E-state index contributed by atoms with van der Waals surface area (Å²) < 4.78 is 1.16. The molecular formula is C9H15ClN6. The fraction of sp³-hybridized carbons (Fsp3) is 0.556. The lowest BCUT2D eigenvalue weighted by Crippen LogP contribution is -2.53. The van der Waals surface area contributed by atoms with Crippen LogP contribution >= 0.6 is 11.8 Å². The Morgan fingerprint density at radius 2 is 2.31 bits per heavy atom. The van der Waals surface area contributed by atoms with Crippen LogP contribution in [-0.2, 0) is 0 Å². The van der Waals surface area contributed by atoms with E-state index in [9.17, 15) is 0 Å². The Kier molecular flexibility index (Phi) is 3.99. The lowest BCUT2D eigenvalue weighted by molar-refractivity contribution is 0.303. The summed E-state index contributed by atoms with van der Waals surface area (Å²) in [6.07, 6.45) is 1.75. The highest BCUT2D eigenvalue weighted by atomic mass is 35.5. The van der Waals surface area contributed by atoms with E-state index in [4.69, 9.17) is 17.0 Å². The summed E-state index contributed by atoms with van der Waals surface area (Å²) in [4.78, 5) is 4.18. The number of hydrazine groups is 2. The molecule has 0 aliphatic carbocycles. The number of halogens is 1. The first-order valence-corrected chi connectivity index (χ1v) is 5.25. The van der Waals surface area contributed by atoms with Crippen LogP contribution in [0.15, 0.2) is 16.9 Å². The predicted molar refractivity (Wildman–Crippen MR) is 62.9 cm³/mol. The maximum atomic E-state index is 8.90. The average Bonchev–Trinajstić information content (AvgIpc) is 2.16. The van der Waals surface area contributed by atoms with Crippen LogP contribution in [-0.4, -0.2) is 22.6 Å². The van der Waals surface area contributed by atoms with Crippen molar-refractivity contribution >= 4 is 17.6 Å². The first-order chi connectivity index (χ1) is 7.46. The first-order valence-electron chi connectivity index (χ1n) is 4.91. The van der Waals surface area contributed by atoms with E-state index in [2.05, 4.69) is 27.2 Å². The van der Waals surface area contributed by atoms with E-state index in [1.54, 1.807) is 19.9 Å². The molecule has 0 saturated carbocycles. The number of aliphatic imine (C=N–C) groups is 1. The van der Waals surface area contributed by atoms with Crippen molar-refractivity contribution in [3.05, 3.63) is 11.9 Å². The molecule has 1 heterocycles. The van der Waals surface area contributed by atoms with Crippen molar-refractivity contribution in [1.82, 2.24) is 20.8 Å². The molecule has 0 spiro atoms. The molecule has 3 N–H and O–H groups in total. The van der Waals surface area contributed by atoms with Crippen molar-refractivity contribution in [3.8, 4) is 6.07 Å². The summed E-state index contributed by atoms with van der Waals surface area (Å²) in [6, 6.07) is 2.14. The van der Waals surface area contributed by atoms with E-state index in [0.717, 1.165) is 4.64 Å². The van der Waals surface area contributed by atoms with Gasteiger partial charge in [0.15, 0.2) is 0 Å². The van der Waals surface area contributed by atoms with Gasteiger partial charge in [0.2, 0.25) is 0 Å². The summed E-state index contributed by atoms with van der Waals surface area (Å²) in [5.74, 6) is 1.25. The smallest absolute Gasteiger partial charge is 0.141 e. The van der Waals surface area contributed by atoms with E-state index in [1.165, 1.54) is 0 Å². The Morgan fingerprint density at radius 3 is 2.88 bits per heavy atom. The molecule has 1 aliphatic rings. The van der Waals surface area contributed by atoms with Crippen LogP contribution in [0.3, 0.4) is 0 Å². The SMILES string of the molecule is CCN=C1C=C(NC(C)(C)C#N)NN(Cl)N1. The second-order valence-electron chi connectivity index (χ2n) is 3.78. The molecule has 1 rings (SSSR count). The lowest BCUT2D eigenvalue weighted by atomic mass is 10.1. The maximum Gasteiger partial charge on any atom is 0.141 e. The molecule has 0 fully saturated rings. The van der Waals surface area contributed by atoms with E-state index in [-0.39, 0.29) is 0 Å². The third kappa shape index (κ3) is 3.61. The molecule has 0 aromatic carbocycles. The lowest BCUT2D eigenvalue weighted by Gasteiger charge is -2.29. The number of nitriles is 1. The number of nitrogens with one attached hydrogen (secondary N) is 3. The summed E-state index contributed by atoms with van der Waals surface area (Å²) in [6.45, 7) is 6.12. The summed E-state index contributed by atoms with van der Waals surface area (Å²) >= 11 is 5.78. The zero-order valence-electron chi connectivity index (χ0n) is 9.50. The molecule has 0 atom stereocenters. The highest BCUT2D eigenvalue weighted by Gasteiger charge is 2.21. The van der Waals surface area contributed by atoms with Crippen LogP contribution in [0.4, 0.5) is 0 Å². The fourth-order valence-corrected chi connectivity index (χ4v) is 1.29. The molecule has 16 heavy (non-hydrogen) atoms. The third-order valence-electron chi connectivity index (χ3n) is 1.77. The predicted octanol–water partition coefficient (Wildman–Crippen LogP) is 0.617. The van der Waals surface area contributed by atoms with E-state index in [0.29, 0.717) is 18.2 Å². The fourth-order valence-electron chi connectivity index (χ4n) is 1.12. The van der Waals surface area contributed by atoms with E-state index in [1.807, 2.05) is 6.92 Å².